The molecule has 0 radical (unpaired) electrons. The molecule has 3 heterocycles. The summed E-state index contributed by atoms with van der Waals surface area (Å²) in [7, 11) is 0. The Bertz CT molecular complexity index is 576. The van der Waals surface area contributed by atoms with Gasteiger partial charge in [0.15, 0.2) is 0 Å². The van der Waals surface area contributed by atoms with Crippen LogP contribution in [0.2, 0.25) is 0 Å². The molecule has 0 aliphatic carbocycles. The molecule has 1 saturated heterocycles. The van der Waals surface area contributed by atoms with Crippen LogP contribution in [0.1, 0.15) is 37.6 Å². The van der Waals surface area contributed by atoms with Crippen molar-refractivity contribution < 1.29 is 9.52 Å². The predicted octanol–water partition coefficient (Wildman–Crippen LogP) is 1.91. The summed E-state index contributed by atoms with van der Waals surface area (Å²) in [5.41, 5.74) is 0.0682. The Morgan fingerprint density at radius 2 is 2.14 bits per heavy atom. The highest BCUT2D eigenvalue weighted by Gasteiger charge is 2.35. The van der Waals surface area contributed by atoms with Crippen molar-refractivity contribution in [3.05, 3.63) is 36.0 Å². The largest absolute Gasteiger partial charge is 0.408 e. The molecule has 2 aromatic rings. The number of hydrogen-bond donors (Lipinski definition) is 1. The molecule has 6 nitrogen and oxygen atoms in total. The van der Waals surface area contributed by atoms with Gasteiger partial charge in [0.05, 0.1) is 5.60 Å². The van der Waals surface area contributed by atoms with Gasteiger partial charge >= 0.3 is 6.01 Å². The van der Waals surface area contributed by atoms with E-state index in [4.69, 9.17) is 4.42 Å². The van der Waals surface area contributed by atoms with Crippen LogP contribution < -0.4 is 4.90 Å². The van der Waals surface area contributed by atoms with E-state index in [1.807, 2.05) is 17.0 Å². The number of aliphatic hydroxyl groups is 1. The lowest BCUT2D eigenvalue weighted by Crippen LogP contribution is -2.42. The summed E-state index contributed by atoms with van der Waals surface area (Å²) in [5, 5.41) is 18.9. The van der Waals surface area contributed by atoms with Crippen molar-refractivity contribution in [1.82, 2.24) is 15.2 Å². The molecule has 0 atom stereocenters. The zero-order chi connectivity index (χ0) is 14.7. The smallest absolute Gasteiger partial charge is 0.318 e. The predicted molar refractivity (Wildman–Crippen MR) is 77.9 cm³/mol. The molecule has 0 saturated carbocycles. The van der Waals surface area contributed by atoms with E-state index in [9.17, 15) is 5.11 Å². The third-order valence-corrected chi connectivity index (χ3v) is 3.98. The van der Waals surface area contributed by atoms with Crippen molar-refractivity contribution in [2.75, 3.05) is 18.0 Å². The minimum atomic E-state index is -0.809. The van der Waals surface area contributed by atoms with E-state index >= 15 is 0 Å². The van der Waals surface area contributed by atoms with Gasteiger partial charge < -0.3 is 14.4 Å². The average molecular weight is 288 g/mol. The summed E-state index contributed by atoms with van der Waals surface area (Å²) in [6.45, 7) is 3.47. The number of hydrogen-bond acceptors (Lipinski definition) is 6. The topological polar surface area (TPSA) is 75.3 Å². The summed E-state index contributed by atoms with van der Waals surface area (Å²) in [5.74, 6) is 0.681. The summed E-state index contributed by atoms with van der Waals surface area (Å²) in [6.07, 6.45) is 6.51. The Morgan fingerprint density at radius 1 is 1.33 bits per heavy atom. The molecule has 1 N–H and O–H groups in total. The molecular formula is C15H20N4O2. The lowest BCUT2D eigenvalue weighted by molar-refractivity contribution is 0.0107. The third-order valence-electron chi connectivity index (χ3n) is 3.98. The van der Waals surface area contributed by atoms with Crippen LogP contribution in [-0.4, -0.2) is 33.4 Å². The lowest BCUT2D eigenvalue weighted by Gasteiger charge is -2.37. The fourth-order valence-electron chi connectivity index (χ4n) is 2.68. The van der Waals surface area contributed by atoms with E-state index < -0.39 is 5.60 Å². The highest BCUT2D eigenvalue weighted by molar-refractivity contribution is 5.28. The minimum Gasteiger partial charge on any atom is -0.408 e. The van der Waals surface area contributed by atoms with Crippen molar-refractivity contribution in [2.24, 2.45) is 0 Å². The molecule has 1 aliphatic heterocycles. The first-order valence-electron chi connectivity index (χ1n) is 7.41. The Kier molecular flexibility index (Phi) is 3.88. The zero-order valence-electron chi connectivity index (χ0n) is 12.2. The van der Waals surface area contributed by atoms with Crippen LogP contribution in [0.4, 0.5) is 6.01 Å². The molecule has 2 aromatic heterocycles. The Hall–Kier alpha value is -1.95. The van der Waals surface area contributed by atoms with Crippen LogP contribution in [0.3, 0.4) is 0 Å². The molecule has 1 aliphatic rings. The SMILES string of the molecule is CCCc1nnc(N2CCC(O)(c3cccnc3)CC2)o1. The second-order valence-corrected chi connectivity index (χ2v) is 5.49. The quantitative estimate of drug-likeness (QED) is 0.926. The van der Waals surface area contributed by atoms with Gasteiger partial charge in [-0.05, 0) is 25.3 Å². The van der Waals surface area contributed by atoms with Gasteiger partial charge in [-0.15, -0.1) is 5.10 Å². The van der Waals surface area contributed by atoms with Crippen molar-refractivity contribution in [1.29, 1.82) is 0 Å². The standard InChI is InChI=1S/C15H20N4O2/c1-2-4-13-17-18-14(21-13)19-9-6-15(20,7-10-19)12-5-3-8-16-11-12/h3,5,8,11,20H,2,4,6-7,9-10H2,1H3. The molecule has 0 aromatic carbocycles. The molecule has 1 fully saturated rings. The van der Waals surface area contributed by atoms with Crippen LogP contribution in [0.5, 0.6) is 0 Å². The van der Waals surface area contributed by atoms with Crippen molar-refractivity contribution >= 4 is 6.01 Å². The summed E-state index contributed by atoms with van der Waals surface area (Å²) < 4.78 is 5.65. The first kappa shape index (κ1) is 14.0. The van der Waals surface area contributed by atoms with Crippen LogP contribution in [0.15, 0.2) is 28.9 Å². The number of piperidine rings is 1. The fraction of sp³-hybridized carbons (Fsp3) is 0.533. The summed E-state index contributed by atoms with van der Waals surface area (Å²) in [6, 6.07) is 4.34. The minimum absolute atomic E-state index is 0.562. The second-order valence-electron chi connectivity index (χ2n) is 5.49. The number of anilines is 1. The molecule has 0 spiro atoms. The molecule has 0 amide bonds. The number of aromatic nitrogens is 3. The van der Waals surface area contributed by atoms with Crippen molar-refractivity contribution in [2.45, 2.75) is 38.2 Å². The maximum atomic E-state index is 10.8. The number of rotatable bonds is 4. The fourth-order valence-corrected chi connectivity index (χ4v) is 2.68. The van der Waals surface area contributed by atoms with E-state index in [-0.39, 0.29) is 0 Å². The van der Waals surface area contributed by atoms with Crippen molar-refractivity contribution in [3.63, 3.8) is 0 Å². The molecular weight excluding hydrogens is 268 g/mol. The zero-order valence-corrected chi connectivity index (χ0v) is 12.2. The van der Waals surface area contributed by atoms with Crippen LogP contribution in [0.25, 0.3) is 0 Å². The first-order valence-corrected chi connectivity index (χ1v) is 7.41. The van der Waals surface area contributed by atoms with Gasteiger partial charge in [0.1, 0.15) is 0 Å². The first-order chi connectivity index (χ1) is 10.2. The van der Waals surface area contributed by atoms with E-state index in [0.717, 1.165) is 18.4 Å². The van der Waals surface area contributed by atoms with E-state index in [2.05, 4.69) is 22.1 Å². The molecule has 0 unspecified atom stereocenters. The van der Waals surface area contributed by atoms with E-state index in [1.165, 1.54) is 0 Å². The average Bonchev–Trinajstić information content (AvgIpc) is 2.98. The van der Waals surface area contributed by atoms with Crippen LogP contribution in [-0.2, 0) is 12.0 Å². The number of pyridine rings is 1. The maximum absolute atomic E-state index is 10.8. The monoisotopic (exact) mass is 288 g/mol. The lowest BCUT2D eigenvalue weighted by atomic mass is 9.85. The maximum Gasteiger partial charge on any atom is 0.318 e. The van der Waals surface area contributed by atoms with Gasteiger partial charge in [-0.1, -0.05) is 18.1 Å². The van der Waals surface area contributed by atoms with Gasteiger partial charge in [-0.2, -0.15) is 0 Å². The van der Waals surface area contributed by atoms with Crippen LogP contribution in [0, 0.1) is 0 Å². The third kappa shape index (κ3) is 2.90. The normalized spacial score (nSPS) is 17.9. The van der Waals surface area contributed by atoms with E-state index in [0.29, 0.717) is 37.8 Å². The molecule has 0 bridgehead atoms. The molecule has 6 heteroatoms. The number of nitrogens with zero attached hydrogens (tertiary/aromatic N) is 4. The highest BCUT2D eigenvalue weighted by Crippen LogP contribution is 2.33. The van der Waals surface area contributed by atoms with Gasteiger partial charge in [-0.25, -0.2) is 0 Å². The molecule has 21 heavy (non-hydrogen) atoms. The Morgan fingerprint density at radius 3 is 2.81 bits per heavy atom. The second kappa shape index (κ2) is 5.81. The number of aryl methyl sites for hydroxylation is 1. The molecule has 3 rings (SSSR count). The van der Waals surface area contributed by atoms with Crippen molar-refractivity contribution in [3.8, 4) is 0 Å². The summed E-state index contributed by atoms with van der Waals surface area (Å²) in [4.78, 5) is 6.13. The van der Waals surface area contributed by atoms with Gasteiger partial charge in [-0.3, -0.25) is 4.98 Å². The summed E-state index contributed by atoms with van der Waals surface area (Å²) >= 11 is 0. The van der Waals surface area contributed by atoms with Gasteiger partial charge in [0.25, 0.3) is 0 Å². The van der Waals surface area contributed by atoms with Gasteiger partial charge in [0, 0.05) is 37.5 Å². The molecule has 112 valence electrons. The van der Waals surface area contributed by atoms with E-state index in [1.54, 1.807) is 12.4 Å². The Labute approximate surface area is 123 Å². The van der Waals surface area contributed by atoms with Gasteiger partial charge in [0.2, 0.25) is 5.89 Å². The Balaban J connectivity index is 1.67. The van der Waals surface area contributed by atoms with Crippen LogP contribution >= 0.6 is 0 Å². The highest BCUT2D eigenvalue weighted by atomic mass is 16.4.